The molecule has 4 nitrogen and oxygen atoms in total. The zero-order chi connectivity index (χ0) is 27.6. The Labute approximate surface area is 238 Å². The summed E-state index contributed by atoms with van der Waals surface area (Å²) in [6, 6.07) is 35.8. The van der Waals surface area contributed by atoms with Crippen LogP contribution in [-0.2, 0) is 68.1 Å². The van der Waals surface area contributed by atoms with Crippen molar-refractivity contribution in [2.45, 2.75) is 31.8 Å². The Morgan fingerprint density at radius 2 is 0.641 bits per heavy atom. The molecular formula is C29H28F2O4P2S2. The van der Waals surface area contributed by atoms with Gasteiger partial charge in [0, 0.05) is 0 Å². The first-order valence-corrected chi connectivity index (χ1v) is 17.4. The fourth-order valence-electron chi connectivity index (χ4n) is 3.47. The van der Waals surface area contributed by atoms with Gasteiger partial charge in [-0.25, -0.2) is 0 Å². The minimum absolute atomic E-state index is 0.171. The van der Waals surface area contributed by atoms with Crippen molar-refractivity contribution in [3.63, 3.8) is 0 Å². The van der Waals surface area contributed by atoms with Crippen LogP contribution in [0, 0.1) is 0 Å². The van der Waals surface area contributed by atoms with Gasteiger partial charge < -0.3 is 18.1 Å². The Bertz CT molecular complexity index is 1190. The van der Waals surface area contributed by atoms with Gasteiger partial charge in [-0.2, -0.15) is 8.78 Å². The molecule has 0 aromatic heterocycles. The van der Waals surface area contributed by atoms with Crippen LogP contribution >= 0.6 is 13.0 Å². The van der Waals surface area contributed by atoms with Gasteiger partial charge >= 0.3 is 5.40 Å². The fraction of sp³-hybridized carbons (Fsp3) is 0.172. The first-order valence-electron chi connectivity index (χ1n) is 12.1. The zero-order valence-electron chi connectivity index (χ0n) is 21.0. The predicted molar refractivity (Wildman–Crippen MR) is 158 cm³/mol. The van der Waals surface area contributed by atoms with Gasteiger partial charge in [-0.3, -0.25) is 0 Å². The summed E-state index contributed by atoms with van der Waals surface area (Å²) in [6.07, 6.45) is 0. The van der Waals surface area contributed by atoms with Crippen molar-refractivity contribution in [3.8, 4) is 0 Å². The Morgan fingerprint density at radius 1 is 0.436 bits per heavy atom. The van der Waals surface area contributed by atoms with Crippen molar-refractivity contribution in [1.82, 2.24) is 0 Å². The largest absolute Gasteiger partial charge is 0.391 e. The lowest BCUT2D eigenvalue weighted by molar-refractivity contribution is 0.0857. The molecule has 0 unspecified atom stereocenters. The fourth-order valence-corrected chi connectivity index (χ4v) is 10.4. The summed E-state index contributed by atoms with van der Waals surface area (Å²) in [5.41, 5.74) is 2.70. The molecule has 10 heteroatoms. The summed E-state index contributed by atoms with van der Waals surface area (Å²) < 4.78 is 56.7. The van der Waals surface area contributed by atoms with Crippen molar-refractivity contribution in [3.05, 3.63) is 144 Å². The SMILES string of the molecule is FC(F)(P(=S)(OCc1ccccc1)OCc1ccccc1)P(=S)(OCc1ccccc1)OCc1ccccc1. The molecule has 0 amide bonds. The highest BCUT2D eigenvalue weighted by Gasteiger charge is 2.62. The van der Waals surface area contributed by atoms with Crippen LogP contribution in [-0.4, -0.2) is 5.40 Å². The van der Waals surface area contributed by atoms with Gasteiger partial charge in [0.2, 0.25) is 0 Å². The average molecular weight is 605 g/mol. The van der Waals surface area contributed by atoms with Gasteiger partial charge in [0.15, 0.2) is 0 Å². The number of hydrogen-bond donors (Lipinski definition) is 0. The Hall–Kier alpha value is -2.12. The molecule has 4 aromatic rings. The van der Waals surface area contributed by atoms with Crippen molar-refractivity contribution in [1.29, 1.82) is 0 Å². The molecule has 0 saturated carbocycles. The highest BCUT2D eigenvalue weighted by atomic mass is 32.5. The molecule has 204 valence electrons. The highest BCUT2D eigenvalue weighted by molar-refractivity contribution is 8.20. The van der Waals surface area contributed by atoms with Gasteiger partial charge in [-0.15, -0.1) is 0 Å². The normalized spacial score (nSPS) is 12.4. The minimum atomic E-state index is -4.42. The second-order valence-electron chi connectivity index (χ2n) is 8.54. The van der Waals surface area contributed by atoms with E-state index in [1.165, 1.54) is 0 Å². The average Bonchev–Trinajstić information content (AvgIpc) is 2.99. The van der Waals surface area contributed by atoms with Gasteiger partial charge in [0.05, 0.1) is 26.4 Å². The van der Waals surface area contributed by atoms with Crippen molar-refractivity contribution < 1.29 is 26.9 Å². The molecule has 0 aliphatic heterocycles. The van der Waals surface area contributed by atoms with Gasteiger partial charge in [-0.05, 0) is 45.9 Å². The maximum Gasteiger partial charge on any atom is 0.391 e. The van der Waals surface area contributed by atoms with Gasteiger partial charge in [0.1, 0.15) is 0 Å². The number of halogens is 2. The maximum atomic E-state index is 16.7. The number of benzene rings is 4. The lowest BCUT2D eigenvalue weighted by Gasteiger charge is -2.36. The zero-order valence-corrected chi connectivity index (χ0v) is 24.4. The summed E-state index contributed by atoms with van der Waals surface area (Å²) in [6.45, 7) is -9.53. The van der Waals surface area contributed by atoms with Crippen LogP contribution < -0.4 is 0 Å². The first kappa shape index (κ1) is 29.9. The third-order valence-corrected chi connectivity index (χ3v) is 13.9. The van der Waals surface area contributed by atoms with Crippen LogP contribution in [0.4, 0.5) is 8.78 Å². The Morgan fingerprint density at radius 3 is 0.846 bits per heavy atom. The van der Waals surface area contributed by atoms with Crippen LogP contribution in [0.5, 0.6) is 0 Å². The Kier molecular flexibility index (Phi) is 10.7. The molecule has 0 N–H and O–H groups in total. The molecule has 0 fully saturated rings. The van der Waals surface area contributed by atoms with E-state index >= 15 is 8.78 Å². The smallest absolute Gasteiger partial charge is 0.320 e. The molecule has 0 aliphatic carbocycles. The maximum absolute atomic E-state index is 16.7. The highest BCUT2D eigenvalue weighted by Crippen LogP contribution is 2.80. The summed E-state index contributed by atoms with van der Waals surface area (Å²) >= 11 is 11.1. The molecule has 4 rings (SSSR count). The second-order valence-corrected chi connectivity index (χ2v) is 15.9. The molecule has 0 atom stereocenters. The monoisotopic (exact) mass is 604 g/mol. The standard InChI is InChI=1S/C29H28F2O4P2S2/c30-29(31,36(38,32-21-25-13-5-1-6-14-25)33-22-26-15-7-2-8-16-26)37(39,34-23-27-17-9-3-10-18-27)35-24-28-19-11-4-12-20-28/h1-20H,21-24H2. The topological polar surface area (TPSA) is 36.9 Å². The van der Waals surface area contributed by atoms with E-state index < -0.39 is 18.4 Å². The quantitative estimate of drug-likeness (QED) is 0.134. The van der Waals surface area contributed by atoms with Gasteiger partial charge in [0.25, 0.3) is 13.0 Å². The minimum Gasteiger partial charge on any atom is -0.320 e. The third kappa shape index (κ3) is 7.97. The van der Waals surface area contributed by atoms with Crippen molar-refractivity contribution in [2.24, 2.45) is 0 Å². The van der Waals surface area contributed by atoms with E-state index in [-0.39, 0.29) is 26.4 Å². The molecule has 39 heavy (non-hydrogen) atoms. The van der Waals surface area contributed by atoms with E-state index in [1.54, 1.807) is 97.1 Å². The lowest BCUT2D eigenvalue weighted by Crippen LogP contribution is -2.23. The molecule has 0 heterocycles. The van der Waals surface area contributed by atoms with E-state index in [9.17, 15) is 0 Å². The summed E-state index contributed by atoms with van der Waals surface area (Å²) in [5.74, 6) is 0. The van der Waals surface area contributed by atoms with E-state index in [0.29, 0.717) is 22.3 Å². The third-order valence-electron chi connectivity index (χ3n) is 5.63. The number of hydrogen-bond acceptors (Lipinski definition) is 6. The molecule has 0 spiro atoms. The summed E-state index contributed by atoms with van der Waals surface area (Å²) in [4.78, 5) is 0. The van der Waals surface area contributed by atoms with Gasteiger partial charge in [-0.1, -0.05) is 121 Å². The van der Waals surface area contributed by atoms with E-state index in [0.717, 1.165) is 0 Å². The molecule has 4 aromatic carbocycles. The molecule has 0 aliphatic rings. The number of alkyl halides is 2. The molecule has 0 saturated heterocycles. The van der Waals surface area contributed by atoms with E-state index in [4.69, 9.17) is 41.7 Å². The van der Waals surface area contributed by atoms with Crippen LogP contribution in [0.15, 0.2) is 121 Å². The van der Waals surface area contributed by atoms with E-state index in [2.05, 4.69) is 0 Å². The van der Waals surface area contributed by atoms with Crippen molar-refractivity contribution >= 4 is 36.6 Å². The second kappa shape index (κ2) is 14.0. The van der Waals surface area contributed by atoms with Crippen LogP contribution in [0.3, 0.4) is 0 Å². The number of rotatable bonds is 14. The summed E-state index contributed by atoms with van der Waals surface area (Å²) in [7, 11) is 0. The van der Waals surface area contributed by atoms with Crippen LogP contribution in [0.2, 0.25) is 0 Å². The Balaban J connectivity index is 1.66. The molecular weight excluding hydrogens is 576 g/mol. The lowest BCUT2D eigenvalue weighted by atomic mass is 10.2. The first-order chi connectivity index (χ1) is 18.8. The van der Waals surface area contributed by atoms with E-state index in [1.807, 2.05) is 24.3 Å². The van der Waals surface area contributed by atoms with Crippen LogP contribution in [0.1, 0.15) is 22.3 Å². The predicted octanol–water partition coefficient (Wildman–Crippen LogP) is 9.02. The van der Waals surface area contributed by atoms with Crippen molar-refractivity contribution in [2.75, 3.05) is 0 Å². The molecule has 0 radical (unpaired) electrons. The van der Waals surface area contributed by atoms with Crippen LogP contribution in [0.25, 0.3) is 0 Å². The molecule has 0 bridgehead atoms. The summed E-state index contributed by atoms with van der Waals surface area (Å²) in [5, 5.41) is -3.90.